The number of hydrogen-bond acceptors (Lipinski definition) is 4. The van der Waals surface area contributed by atoms with E-state index < -0.39 is 0 Å². The lowest BCUT2D eigenvalue weighted by Crippen LogP contribution is -1.93. The van der Waals surface area contributed by atoms with E-state index in [0.29, 0.717) is 17.1 Å². The number of nitrogens with zero attached hydrogens (tertiary/aromatic N) is 2. The molecule has 16 heavy (non-hydrogen) atoms. The molecule has 0 amide bonds. The SMILES string of the molecule is COC1=CC=C(OC)C(=C(C#N)C#N)C=C1. The van der Waals surface area contributed by atoms with Crippen LogP contribution in [0.4, 0.5) is 0 Å². The zero-order chi connectivity index (χ0) is 12.0. The van der Waals surface area contributed by atoms with E-state index in [4.69, 9.17) is 20.0 Å². The molecular formula is C12H10N2O2. The van der Waals surface area contributed by atoms with Gasteiger partial charge in [-0.3, -0.25) is 0 Å². The molecule has 0 radical (unpaired) electrons. The first kappa shape index (κ1) is 11.6. The number of rotatable bonds is 2. The van der Waals surface area contributed by atoms with Gasteiger partial charge in [0.25, 0.3) is 0 Å². The van der Waals surface area contributed by atoms with Crippen LogP contribution in [0.15, 0.2) is 47.0 Å². The van der Waals surface area contributed by atoms with E-state index in [1.807, 2.05) is 12.1 Å². The zero-order valence-electron chi connectivity index (χ0n) is 9.02. The van der Waals surface area contributed by atoms with Crippen LogP contribution >= 0.6 is 0 Å². The maximum absolute atomic E-state index is 8.81. The second-order valence-electron chi connectivity index (χ2n) is 2.85. The van der Waals surface area contributed by atoms with Crippen molar-refractivity contribution in [1.29, 1.82) is 10.5 Å². The highest BCUT2D eigenvalue weighted by molar-refractivity contribution is 5.55. The van der Waals surface area contributed by atoms with E-state index in [-0.39, 0.29) is 5.57 Å². The molecule has 0 aliphatic heterocycles. The molecule has 1 rings (SSSR count). The van der Waals surface area contributed by atoms with Gasteiger partial charge in [-0.05, 0) is 24.3 Å². The molecule has 0 heterocycles. The normalized spacial score (nSPS) is 13.9. The van der Waals surface area contributed by atoms with Crippen molar-refractivity contribution < 1.29 is 9.47 Å². The van der Waals surface area contributed by atoms with Crippen LogP contribution in [0.5, 0.6) is 0 Å². The van der Waals surface area contributed by atoms with Crippen LogP contribution in [-0.4, -0.2) is 14.2 Å². The Morgan fingerprint density at radius 1 is 1.06 bits per heavy atom. The first-order valence-electron chi connectivity index (χ1n) is 4.49. The molecule has 1 aliphatic rings. The lowest BCUT2D eigenvalue weighted by molar-refractivity contribution is 0.301. The molecule has 4 heteroatoms. The lowest BCUT2D eigenvalue weighted by atomic mass is 10.1. The first-order chi connectivity index (χ1) is 7.76. The third kappa shape index (κ3) is 2.31. The number of nitriles is 2. The van der Waals surface area contributed by atoms with Gasteiger partial charge in [0.1, 0.15) is 29.2 Å². The number of methoxy groups -OCH3 is 2. The third-order valence-electron chi connectivity index (χ3n) is 2.03. The van der Waals surface area contributed by atoms with Crippen molar-refractivity contribution in [2.45, 2.75) is 0 Å². The quantitative estimate of drug-likeness (QED) is 0.659. The van der Waals surface area contributed by atoms with Crippen LogP contribution in [0.3, 0.4) is 0 Å². The van der Waals surface area contributed by atoms with Gasteiger partial charge in [0.2, 0.25) is 0 Å². The van der Waals surface area contributed by atoms with Gasteiger partial charge in [-0.1, -0.05) is 0 Å². The summed E-state index contributed by atoms with van der Waals surface area (Å²) >= 11 is 0. The fourth-order valence-electron chi connectivity index (χ4n) is 1.22. The van der Waals surface area contributed by atoms with Crippen LogP contribution < -0.4 is 0 Å². The highest BCUT2D eigenvalue weighted by Gasteiger charge is 2.11. The third-order valence-corrected chi connectivity index (χ3v) is 2.03. The van der Waals surface area contributed by atoms with E-state index in [1.165, 1.54) is 7.11 Å². The van der Waals surface area contributed by atoms with Gasteiger partial charge >= 0.3 is 0 Å². The predicted octanol–water partition coefficient (Wildman–Crippen LogP) is 1.96. The minimum Gasteiger partial charge on any atom is -0.497 e. The molecule has 0 unspecified atom stereocenters. The molecule has 0 spiro atoms. The van der Waals surface area contributed by atoms with E-state index in [1.54, 1.807) is 31.4 Å². The van der Waals surface area contributed by atoms with Crippen LogP contribution in [0, 0.1) is 22.7 Å². The molecule has 0 saturated carbocycles. The standard InChI is InChI=1S/C12H10N2O2/c1-15-10-3-5-11(9(7-13)8-14)12(16-2)6-4-10/h3-6H,1-2H3. The minimum atomic E-state index is 0.00935. The number of allylic oxidation sites excluding steroid dienone is 5. The summed E-state index contributed by atoms with van der Waals surface area (Å²) < 4.78 is 10.2. The average Bonchev–Trinajstić information content (AvgIpc) is 2.53. The second kappa shape index (κ2) is 5.43. The summed E-state index contributed by atoms with van der Waals surface area (Å²) in [6.45, 7) is 0. The zero-order valence-corrected chi connectivity index (χ0v) is 9.02. The van der Waals surface area contributed by atoms with Crippen molar-refractivity contribution in [2.75, 3.05) is 14.2 Å². The van der Waals surface area contributed by atoms with E-state index >= 15 is 0 Å². The number of hydrogen-bond donors (Lipinski definition) is 0. The highest BCUT2D eigenvalue weighted by Crippen LogP contribution is 2.21. The minimum absolute atomic E-state index is 0.00935. The van der Waals surface area contributed by atoms with Gasteiger partial charge in [0.05, 0.1) is 14.2 Å². The maximum atomic E-state index is 8.81. The van der Waals surface area contributed by atoms with Gasteiger partial charge in [-0.2, -0.15) is 10.5 Å². The summed E-state index contributed by atoms with van der Waals surface area (Å²) in [5.41, 5.74) is 0.464. The van der Waals surface area contributed by atoms with Gasteiger partial charge in [0, 0.05) is 5.57 Å². The summed E-state index contributed by atoms with van der Waals surface area (Å²) in [7, 11) is 3.03. The van der Waals surface area contributed by atoms with E-state index in [9.17, 15) is 0 Å². The average molecular weight is 214 g/mol. The molecular weight excluding hydrogens is 204 g/mol. The number of ether oxygens (including phenoxy) is 2. The summed E-state index contributed by atoms with van der Waals surface area (Å²) in [5, 5.41) is 17.6. The topological polar surface area (TPSA) is 66.0 Å². The Bertz CT molecular complexity index is 466. The van der Waals surface area contributed by atoms with Crippen molar-refractivity contribution in [3.8, 4) is 12.1 Å². The van der Waals surface area contributed by atoms with E-state index in [2.05, 4.69) is 0 Å². The summed E-state index contributed by atoms with van der Waals surface area (Å²) in [5.74, 6) is 1.08. The van der Waals surface area contributed by atoms with Gasteiger partial charge in [-0.25, -0.2) is 0 Å². The van der Waals surface area contributed by atoms with Crippen molar-refractivity contribution in [3.63, 3.8) is 0 Å². The van der Waals surface area contributed by atoms with Crippen molar-refractivity contribution in [2.24, 2.45) is 0 Å². The predicted molar refractivity (Wildman–Crippen MR) is 57.6 cm³/mol. The van der Waals surface area contributed by atoms with Crippen molar-refractivity contribution in [3.05, 3.63) is 47.0 Å². The molecule has 1 aliphatic carbocycles. The summed E-state index contributed by atoms with van der Waals surface area (Å²) in [6, 6.07) is 3.66. The Morgan fingerprint density at radius 2 is 1.75 bits per heavy atom. The summed E-state index contributed by atoms with van der Waals surface area (Å²) in [4.78, 5) is 0. The second-order valence-corrected chi connectivity index (χ2v) is 2.85. The molecule has 0 N–H and O–H groups in total. The molecule has 0 bridgehead atoms. The Balaban J connectivity index is 3.31. The molecule has 0 saturated heterocycles. The summed E-state index contributed by atoms with van der Waals surface area (Å²) in [6.07, 6.45) is 6.66. The van der Waals surface area contributed by atoms with Gasteiger partial charge < -0.3 is 9.47 Å². The molecule has 0 atom stereocenters. The van der Waals surface area contributed by atoms with E-state index in [0.717, 1.165) is 0 Å². The van der Waals surface area contributed by atoms with Crippen molar-refractivity contribution in [1.82, 2.24) is 0 Å². The molecule has 0 aromatic rings. The van der Waals surface area contributed by atoms with Gasteiger partial charge in [-0.15, -0.1) is 0 Å². The molecule has 80 valence electrons. The Morgan fingerprint density at radius 3 is 2.25 bits per heavy atom. The largest absolute Gasteiger partial charge is 0.497 e. The Labute approximate surface area is 94.0 Å². The monoisotopic (exact) mass is 214 g/mol. The van der Waals surface area contributed by atoms with Crippen LogP contribution in [0.25, 0.3) is 0 Å². The van der Waals surface area contributed by atoms with Crippen molar-refractivity contribution >= 4 is 0 Å². The Hall–Kier alpha value is -2.46. The first-order valence-corrected chi connectivity index (χ1v) is 4.49. The van der Waals surface area contributed by atoms with Crippen LogP contribution in [0.1, 0.15) is 0 Å². The maximum Gasteiger partial charge on any atom is 0.140 e. The molecule has 4 nitrogen and oxygen atoms in total. The highest BCUT2D eigenvalue weighted by atomic mass is 16.5. The van der Waals surface area contributed by atoms with Crippen LogP contribution in [-0.2, 0) is 9.47 Å². The molecule has 0 aromatic carbocycles. The smallest absolute Gasteiger partial charge is 0.140 e. The van der Waals surface area contributed by atoms with Gasteiger partial charge in [0.15, 0.2) is 0 Å². The Kier molecular flexibility index (Phi) is 3.94. The lowest BCUT2D eigenvalue weighted by Gasteiger charge is -2.04. The fourth-order valence-corrected chi connectivity index (χ4v) is 1.22. The van der Waals surface area contributed by atoms with Crippen LogP contribution in [0.2, 0.25) is 0 Å². The molecule has 0 aromatic heterocycles. The fraction of sp³-hybridized carbons (Fsp3) is 0.167. The molecule has 0 fully saturated rings.